The van der Waals surface area contributed by atoms with Crippen molar-refractivity contribution in [1.82, 2.24) is 16.2 Å². The Balaban J connectivity index is 2.08. The Kier molecular flexibility index (Phi) is 8.43. The van der Waals surface area contributed by atoms with Gasteiger partial charge < -0.3 is 14.8 Å². The van der Waals surface area contributed by atoms with Crippen LogP contribution in [0.5, 0.6) is 11.5 Å². The Labute approximate surface area is 182 Å². The van der Waals surface area contributed by atoms with Crippen molar-refractivity contribution in [1.29, 1.82) is 0 Å². The van der Waals surface area contributed by atoms with Gasteiger partial charge in [-0.05, 0) is 43.0 Å². The maximum Gasteiger partial charge on any atom is 0.269 e. The molecule has 31 heavy (non-hydrogen) atoms. The van der Waals surface area contributed by atoms with Crippen LogP contribution in [-0.4, -0.2) is 38.0 Å². The number of nitrogens with one attached hydrogen (secondary N) is 3. The molecule has 0 fully saturated rings. The summed E-state index contributed by atoms with van der Waals surface area (Å²) in [4.78, 5) is 37.9. The summed E-state index contributed by atoms with van der Waals surface area (Å²) in [5.74, 6) is -0.370. The highest BCUT2D eigenvalue weighted by Gasteiger charge is 2.24. The Morgan fingerprint density at radius 2 is 1.52 bits per heavy atom. The lowest BCUT2D eigenvalue weighted by Gasteiger charge is -2.21. The van der Waals surface area contributed by atoms with Gasteiger partial charge in [-0.15, -0.1) is 0 Å². The fourth-order valence-electron chi connectivity index (χ4n) is 2.98. The second-order valence-corrected chi connectivity index (χ2v) is 7.52. The summed E-state index contributed by atoms with van der Waals surface area (Å²) in [6.45, 7) is 5.72. The number of hydrogen-bond acceptors (Lipinski definition) is 5. The first-order valence-electron chi connectivity index (χ1n) is 9.95. The molecule has 2 rings (SSSR count). The second kappa shape index (κ2) is 11.0. The van der Waals surface area contributed by atoms with E-state index in [1.54, 1.807) is 18.2 Å². The Morgan fingerprint density at radius 1 is 0.903 bits per heavy atom. The summed E-state index contributed by atoms with van der Waals surface area (Å²) in [5.41, 5.74) is 6.33. The van der Waals surface area contributed by atoms with E-state index in [1.807, 2.05) is 32.9 Å². The molecule has 0 saturated carbocycles. The van der Waals surface area contributed by atoms with E-state index in [9.17, 15) is 14.4 Å². The van der Waals surface area contributed by atoms with Gasteiger partial charge in [-0.3, -0.25) is 25.2 Å². The van der Waals surface area contributed by atoms with Crippen LogP contribution < -0.4 is 25.6 Å². The van der Waals surface area contributed by atoms with Crippen LogP contribution in [0.25, 0.3) is 0 Å². The molecule has 0 spiro atoms. The first kappa shape index (κ1) is 23.7. The third-order valence-corrected chi connectivity index (χ3v) is 4.63. The largest absolute Gasteiger partial charge is 0.497 e. The van der Waals surface area contributed by atoms with E-state index < -0.39 is 17.9 Å². The van der Waals surface area contributed by atoms with Gasteiger partial charge >= 0.3 is 0 Å². The van der Waals surface area contributed by atoms with Crippen molar-refractivity contribution in [2.45, 2.75) is 33.2 Å². The van der Waals surface area contributed by atoms with E-state index in [0.717, 1.165) is 5.56 Å². The van der Waals surface area contributed by atoms with Crippen molar-refractivity contribution >= 4 is 17.7 Å². The highest BCUT2D eigenvalue weighted by molar-refractivity contribution is 6.00. The molecule has 3 amide bonds. The van der Waals surface area contributed by atoms with Crippen molar-refractivity contribution in [3.05, 3.63) is 59.2 Å². The first-order valence-corrected chi connectivity index (χ1v) is 9.95. The summed E-state index contributed by atoms with van der Waals surface area (Å²) in [7, 11) is 2.96. The minimum absolute atomic E-state index is 0.145. The molecule has 2 aromatic rings. The lowest BCUT2D eigenvalue weighted by molar-refractivity contribution is -0.124. The fourth-order valence-corrected chi connectivity index (χ4v) is 2.98. The van der Waals surface area contributed by atoms with E-state index in [0.29, 0.717) is 23.5 Å². The van der Waals surface area contributed by atoms with Gasteiger partial charge in [0.25, 0.3) is 17.7 Å². The zero-order valence-electron chi connectivity index (χ0n) is 18.4. The number of benzene rings is 2. The van der Waals surface area contributed by atoms with Gasteiger partial charge in [0.15, 0.2) is 0 Å². The van der Waals surface area contributed by atoms with Gasteiger partial charge in [-0.25, -0.2) is 0 Å². The number of amides is 3. The van der Waals surface area contributed by atoms with Crippen LogP contribution in [0.15, 0.2) is 42.5 Å². The molecule has 0 saturated heterocycles. The number of carbonyl (C=O) groups excluding carboxylic acids is 3. The molecular formula is C23H29N3O5. The number of ether oxygens (including phenoxy) is 2. The van der Waals surface area contributed by atoms with Crippen LogP contribution in [0.4, 0.5) is 0 Å². The fraction of sp³-hybridized carbons (Fsp3) is 0.348. The second-order valence-electron chi connectivity index (χ2n) is 7.52. The lowest BCUT2D eigenvalue weighted by Crippen LogP contribution is -2.52. The van der Waals surface area contributed by atoms with Gasteiger partial charge in [0, 0.05) is 17.2 Å². The number of carbonyl (C=O) groups is 3. The minimum Gasteiger partial charge on any atom is -0.497 e. The zero-order valence-corrected chi connectivity index (χ0v) is 18.4. The molecule has 0 heterocycles. The van der Waals surface area contributed by atoms with Crippen molar-refractivity contribution in [3.63, 3.8) is 0 Å². The van der Waals surface area contributed by atoms with E-state index in [4.69, 9.17) is 9.47 Å². The van der Waals surface area contributed by atoms with Gasteiger partial charge in [-0.1, -0.05) is 32.0 Å². The summed E-state index contributed by atoms with van der Waals surface area (Å²) >= 11 is 0. The summed E-state index contributed by atoms with van der Waals surface area (Å²) in [5, 5.41) is 2.76. The van der Waals surface area contributed by atoms with Crippen LogP contribution in [0.2, 0.25) is 0 Å². The van der Waals surface area contributed by atoms with E-state index >= 15 is 0 Å². The maximum atomic E-state index is 12.7. The standard InChI is InChI=1S/C23H29N3O5/c1-14(2)10-20(24-22(28)19-9-7-6-8-15(19)3)23(29)26-25-21(27)16-11-17(30-4)13-18(12-16)31-5/h6-9,11-14,20H,10H2,1-5H3,(H,24,28)(H,25,27)(H,26,29)/t20-/m1/s1. The molecule has 0 unspecified atom stereocenters. The van der Waals surface area contributed by atoms with Crippen molar-refractivity contribution in [2.24, 2.45) is 5.92 Å². The number of hydrogen-bond donors (Lipinski definition) is 3. The molecule has 0 aliphatic heterocycles. The Morgan fingerprint density at radius 3 is 2.06 bits per heavy atom. The molecule has 1 atom stereocenters. The van der Waals surface area contributed by atoms with Gasteiger partial charge in [0.05, 0.1) is 14.2 Å². The monoisotopic (exact) mass is 427 g/mol. The van der Waals surface area contributed by atoms with Crippen LogP contribution in [0.1, 0.15) is 46.5 Å². The van der Waals surface area contributed by atoms with Crippen molar-refractivity contribution in [2.75, 3.05) is 14.2 Å². The highest BCUT2D eigenvalue weighted by atomic mass is 16.5. The summed E-state index contributed by atoms with van der Waals surface area (Å²) in [6, 6.07) is 11.0. The van der Waals surface area contributed by atoms with Crippen LogP contribution in [0.3, 0.4) is 0 Å². The average molecular weight is 428 g/mol. The SMILES string of the molecule is COc1cc(OC)cc(C(=O)NNC(=O)[C@@H](CC(C)C)NC(=O)c2ccccc2C)c1. The minimum atomic E-state index is -0.813. The molecule has 0 radical (unpaired) electrons. The third-order valence-electron chi connectivity index (χ3n) is 4.63. The molecule has 3 N–H and O–H groups in total. The molecule has 0 bridgehead atoms. The van der Waals surface area contributed by atoms with Gasteiger partial charge in [0.2, 0.25) is 0 Å². The molecular weight excluding hydrogens is 398 g/mol. The zero-order chi connectivity index (χ0) is 23.0. The number of methoxy groups -OCH3 is 2. The predicted octanol–water partition coefficient (Wildman–Crippen LogP) is 2.62. The first-order chi connectivity index (χ1) is 14.7. The average Bonchev–Trinajstić information content (AvgIpc) is 2.76. The van der Waals surface area contributed by atoms with Crippen LogP contribution >= 0.6 is 0 Å². The normalized spacial score (nSPS) is 11.4. The summed E-state index contributed by atoms with van der Waals surface area (Å²) < 4.78 is 10.3. The molecule has 2 aromatic carbocycles. The third kappa shape index (κ3) is 6.74. The molecule has 0 aromatic heterocycles. The topological polar surface area (TPSA) is 106 Å². The molecule has 8 nitrogen and oxygen atoms in total. The van der Waals surface area contributed by atoms with Gasteiger partial charge in [-0.2, -0.15) is 0 Å². The smallest absolute Gasteiger partial charge is 0.269 e. The molecule has 0 aliphatic carbocycles. The molecule has 166 valence electrons. The number of aryl methyl sites for hydroxylation is 1. The van der Waals surface area contributed by atoms with Gasteiger partial charge in [0.1, 0.15) is 17.5 Å². The Hall–Kier alpha value is -3.55. The number of rotatable bonds is 8. The highest BCUT2D eigenvalue weighted by Crippen LogP contribution is 2.22. The lowest BCUT2D eigenvalue weighted by atomic mass is 10.0. The molecule has 8 heteroatoms. The molecule has 0 aliphatic rings. The van der Waals surface area contributed by atoms with E-state index in [2.05, 4.69) is 16.2 Å². The van der Waals surface area contributed by atoms with Crippen LogP contribution in [0, 0.1) is 12.8 Å². The maximum absolute atomic E-state index is 12.7. The Bertz CT molecular complexity index is 920. The number of hydrazine groups is 1. The van der Waals surface area contributed by atoms with Crippen molar-refractivity contribution < 1.29 is 23.9 Å². The predicted molar refractivity (Wildman–Crippen MR) is 117 cm³/mol. The van der Waals surface area contributed by atoms with Crippen LogP contribution in [-0.2, 0) is 4.79 Å². The van der Waals surface area contributed by atoms with E-state index in [-0.39, 0.29) is 17.4 Å². The quantitative estimate of drug-likeness (QED) is 0.562. The van der Waals surface area contributed by atoms with Crippen molar-refractivity contribution in [3.8, 4) is 11.5 Å². The van der Waals surface area contributed by atoms with E-state index in [1.165, 1.54) is 26.4 Å². The summed E-state index contributed by atoms with van der Waals surface area (Å²) in [6.07, 6.45) is 0.409.